The van der Waals surface area contributed by atoms with Crippen LogP contribution in [0.25, 0.3) is 27.7 Å². The van der Waals surface area contributed by atoms with E-state index in [9.17, 15) is 19.7 Å². The number of hydrogen-bond acceptors (Lipinski definition) is 8. The van der Waals surface area contributed by atoms with Gasteiger partial charge in [-0.25, -0.2) is 5.84 Å². The molecule has 12 heteroatoms. The highest BCUT2D eigenvalue weighted by Gasteiger charge is 2.23. The van der Waals surface area contributed by atoms with Crippen molar-refractivity contribution >= 4 is 44.0 Å². The number of nitro benzene ring substituents is 1. The quantitative estimate of drug-likeness (QED) is 0.163. The number of nitrogens with two attached hydrogens (primary N) is 1. The standard InChI is InChI=1S/C25H21BrN6O5/c26-17-12-15(11-16(13-17)24(33)28-27)23-19-3-1-2-4-20(19)25(34)31(29-23)22-14-18(5-6-21(22)32(35)36)30-7-9-37-10-8-30/h1-6,11-14H,7-10,27H2,(H,28,33). The van der Waals surface area contributed by atoms with Gasteiger partial charge in [-0.05, 0) is 36.4 Å². The van der Waals surface area contributed by atoms with Crippen molar-refractivity contribution in [2.75, 3.05) is 31.2 Å². The Kier molecular flexibility index (Phi) is 6.70. The van der Waals surface area contributed by atoms with E-state index in [1.54, 1.807) is 54.6 Å². The molecule has 0 radical (unpaired) electrons. The van der Waals surface area contributed by atoms with Crippen LogP contribution < -0.4 is 21.7 Å². The van der Waals surface area contributed by atoms with E-state index < -0.39 is 16.4 Å². The zero-order valence-corrected chi connectivity index (χ0v) is 21.0. The lowest BCUT2D eigenvalue weighted by atomic mass is 10.0. The summed E-state index contributed by atoms with van der Waals surface area (Å²) in [4.78, 5) is 39.3. The van der Waals surface area contributed by atoms with Gasteiger partial charge in [0, 0.05) is 45.8 Å². The van der Waals surface area contributed by atoms with Crippen LogP contribution in [0, 0.1) is 10.1 Å². The number of amides is 1. The lowest BCUT2D eigenvalue weighted by molar-refractivity contribution is -0.384. The Bertz CT molecular complexity index is 1600. The molecule has 37 heavy (non-hydrogen) atoms. The first-order valence-corrected chi connectivity index (χ1v) is 12.1. The van der Waals surface area contributed by atoms with Gasteiger partial charge in [0.05, 0.1) is 29.2 Å². The van der Waals surface area contributed by atoms with Gasteiger partial charge in [-0.2, -0.15) is 9.78 Å². The number of halogens is 1. The summed E-state index contributed by atoms with van der Waals surface area (Å²) < 4.78 is 7.07. The molecule has 4 aromatic rings. The normalized spacial score (nSPS) is 13.5. The number of hydrazine groups is 1. The van der Waals surface area contributed by atoms with Crippen molar-refractivity contribution in [2.24, 2.45) is 5.84 Å². The van der Waals surface area contributed by atoms with Gasteiger partial charge < -0.3 is 9.64 Å². The van der Waals surface area contributed by atoms with Crippen LogP contribution in [0.2, 0.25) is 0 Å². The summed E-state index contributed by atoms with van der Waals surface area (Å²) >= 11 is 3.41. The van der Waals surface area contributed by atoms with Crippen LogP contribution in [0.5, 0.6) is 0 Å². The van der Waals surface area contributed by atoms with Crippen LogP contribution >= 0.6 is 15.9 Å². The molecule has 3 N–H and O–H groups in total. The molecule has 0 unspecified atom stereocenters. The second kappa shape index (κ2) is 10.1. The van der Waals surface area contributed by atoms with Crippen molar-refractivity contribution in [1.82, 2.24) is 15.2 Å². The number of ether oxygens (including phenoxy) is 1. The number of fused-ring (bicyclic) bond motifs is 1. The largest absolute Gasteiger partial charge is 0.378 e. The SMILES string of the molecule is NNC(=O)c1cc(Br)cc(-c2nn(-c3cc(N4CCOCC4)ccc3[N+](=O)[O-])c(=O)c3ccccc23)c1. The number of anilines is 1. The fraction of sp³-hybridized carbons (Fsp3) is 0.160. The summed E-state index contributed by atoms with van der Waals surface area (Å²) in [6.45, 7) is 2.30. The van der Waals surface area contributed by atoms with Gasteiger partial charge in [0.1, 0.15) is 5.69 Å². The zero-order chi connectivity index (χ0) is 26.1. The lowest BCUT2D eigenvalue weighted by Gasteiger charge is -2.29. The van der Waals surface area contributed by atoms with E-state index >= 15 is 0 Å². The number of nitro groups is 1. The van der Waals surface area contributed by atoms with Crippen molar-refractivity contribution in [3.05, 3.63) is 91.2 Å². The van der Waals surface area contributed by atoms with Crippen LogP contribution in [-0.4, -0.2) is 46.9 Å². The summed E-state index contributed by atoms with van der Waals surface area (Å²) in [6.07, 6.45) is 0. The molecule has 1 aliphatic heterocycles. The number of nitrogen functional groups attached to an aromatic ring is 1. The lowest BCUT2D eigenvalue weighted by Crippen LogP contribution is -2.36. The molecule has 188 valence electrons. The van der Waals surface area contributed by atoms with E-state index in [1.807, 2.05) is 4.90 Å². The number of aromatic nitrogens is 2. The maximum absolute atomic E-state index is 13.6. The molecule has 0 atom stereocenters. The number of hydrogen-bond donors (Lipinski definition) is 2. The minimum absolute atomic E-state index is 0.0425. The second-order valence-corrected chi connectivity index (χ2v) is 9.26. The topological polar surface area (TPSA) is 146 Å². The summed E-state index contributed by atoms with van der Waals surface area (Å²) in [5.41, 5.74) is 3.26. The van der Waals surface area contributed by atoms with Crippen LogP contribution in [0.3, 0.4) is 0 Å². The van der Waals surface area contributed by atoms with Crippen molar-refractivity contribution in [3.63, 3.8) is 0 Å². The van der Waals surface area contributed by atoms with Crippen LogP contribution in [-0.2, 0) is 4.74 Å². The van der Waals surface area contributed by atoms with Crippen molar-refractivity contribution < 1.29 is 14.5 Å². The Morgan fingerprint density at radius 3 is 2.51 bits per heavy atom. The molecule has 11 nitrogen and oxygen atoms in total. The van der Waals surface area contributed by atoms with Crippen molar-refractivity contribution in [1.29, 1.82) is 0 Å². The minimum atomic E-state index is -0.537. The molecule has 0 spiro atoms. The fourth-order valence-corrected chi connectivity index (χ4v) is 4.85. The van der Waals surface area contributed by atoms with Crippen LogP contribution in [0.15, 0.2) is 69.9 Å². The molecule has 5 rings (SSSR count). The molecular weight excluding hydrogens is 544 g/mol. The van der Waals surface area contributed by atoms with Crippen LogP contribution in [0.1, 0.15) is 10.4 Å². The number of benzene rings is 3. The molecule has 0 aliphatic carbocycles. The Labute approximate surface area is 218 Å². The monoisotopic (exact) mass is 564 g/mol. The third-order valence-corrected chi connectivity index (χ3v) is 6.59. The van der Waals surface area contributed by atoms with Gasteiger partial charge in [-0.3, -0.25) is 25.1 Å². The molecule has 1 aromatic heterocycles. The van der Waals surface area contributed by atoms with Crippen molar-refractivity contribution in [2.45, 2.75) is 0 Å². The Morgan fingerprint density at radius 2 is 1.81 bits per heavy atom. The third kappa shape index (κ3) is 4.69. The van der Waals surface area contributed by atoms with Gasteiger partial charge in [0.25, 0.3) is 17.2 Å². The maximum Gasteiger partial charge on any atom is 0.295 e. The molecule has 0 bridgehead atoms. The molecule has 2 heterocycles. The van der Waals surface area contributed by atoms with Gasteiger partial charge in [-0.1, -0.05) is 34.1 Å². The number of morpholine rings is 1. The Balaban J connectivity index is 1.79. The predicted molar refractivity (Wildman–Crippen MR) is 142 cm³/mol. The van der Waals surface area contributed by atoms with E-state index in [0.29, 0.717) is 52.8 Å². The minimum Gasteiger partial charge on any atom is -0.378 e. The molecule has 1 fully saturated rings. The average molecular weight is 565 g/mol. The van der Waals surface area contributed by atoms with Gasteiger partial charge in [0.15, 0.2) is 0 Å². The van der Waals surface area contributed by atoms with Gasteiger partial charge in [0.2, 0.25) is 0 Å². The molecule has 3 aromatic carbocycles. The molecular formula is C25H21BrN6O5. The Hall–Kier alpha value is -4.13. The first-order chi connectivity index (χ1) is 17.9. The average Bonchev–Trinajstić information content (AvgIpc) is 2.92. The van der Waals surface area contributed by atoms with Gasteiger partial charge >= 0.3 is 0 Å². The maximum atomic E-state index is 13.6. The number of nitrogens with zero attached hydrogens (tertiary/aromatic N) is 4. The van der Waals surface area contributed by atoms with E-state index in [2.05, 4.69) is 26.5 Å². The highest BCUT2D eigenvalue weighted by Crippen LogP contribution is 2.32. The highest BCUT2D eigenvalue weighted by molar-refractivity contribution is 9.10. The molecule has 1 aliphatic rings. The molecule has 0 saturated carbocycles. The number of carbonyl (C=O) groups excluding carboxylic acids is 1. The number of nitrogens with one attached hydrogen (secondary N) is 1. The molecule has 1 saturated heterocycles. The smallest absolute Gasteiger partial charge is 0.295 e. The predicted octanol–water partition coefficient (Wildman–Crippen LogP) is 3.16. The van der Waals surface area contributed by atoms with E-state index in [0.717, 1.165) is 10.4 Å². The van der Waals surface area contributed by atoms with E-state index in [4.69, 9.17) is 10.6 Å². The third-order valence-electron chi connectivity index (χ3n) is 6.13. The summed E-state index contributed by atoms with van der Waals surface area (Å²) in [6, 6.07) is 16.4. The zero-order valence-electron chi connectivity index (χ0n) is 19.4. The van der Waals surface area contributed by atoms with E-state index in [1.165, 1.54) is 6.07 Å². The van der Waals surface area contributed by atoms with Crippen molar-refractivity contribution in [3.8, 4) is 16.9 Å². The summed E-state index contributed by atoms with van der Waals surface area (Å²) in [7, 11) is 0. The Morgan fingerprint density at radius 1 is 1.08 bits per heavy atom. The number of carbonyl (C=O) groups is 1. The summed E-state index contributed by atoms with van der Waals surface area (Å²) in [5, 5.41) is 17.4. The first kappa shape index (κ1) is 24.6. The van der Waals surface area contributed by atoms with Crippen LogP contribution in [0.4, 0.5) is 11.4 Å². The fourth-order valence-electron chi connectivity index (χ4n) is 4.36. The highest BCUT2D eigenvalue weighted by atomic mass is 79.9. The van der Waals surface area contributed by atoms with E-state index in [-0.39, 0.29) is 16.9 Å². The molecule has 1 amide bonds. The first-order valence-electron chi connectivity index (χ1n) is 11.3. The van der Waals surface area contributed by atoms with Gasteiger partial charge in [-0.15, -0.1) is 0 Å². The summed E-state index contributed by atoms with van der Waals surface area (Å²) in [5.74, 6) is 4.82. The second-order valence-electron chi connectivity index (χ2n) is 8.34. The number of rotatable bonds is 5.